The molecule has 0 aromatic heterocycles. The van der Waals surface area contributed by atoms with Gasteiger partial charge in [-0.15, -0.1) is 0 Å². The average Bonchev–Trinajstić information content (AvgIpc) is 3.81. The monoisotopic (exact) mass is 982 g/mol. The standard InChI is InChI=1S/C53H62N2O12S2/c1-29-18-19-40-41(24-29)36-14-8-11-17-39(36)43(40)26-65-53(57)55-45-21-23-63-49(33(45)5)51-67-47(31(3)28-69(51,60)61)46-30(2)27-68(58,59)50(66-46)48-32(4)44(20-22-62-48)54-52(56)64-25-42-37-15-9-6-12-34(37)35-13-7-10-16-38(35)42/h6-19,24,30-33,42-51H,20-23,25-28H2,1-5H3,(H,54,56)(H,55,57)/t30-,31-,32+,33+,43?,44-,45-,46-,47-,48+,49+,50+,51+/m0/s1. The molecular weight excluding hydrogens is 921 g/mol. The molecule has 10 rings (SSSR count). The van der Waals surface area contributed by atoms with Crippen molar-refractivity contribution in [2.45, 2.75) is 107 Å². The maximum atomic E-state index is 14.0. The molecule has 0 bridgehead atoms. The molecule has 13 atom stereocenters. The first-order valence-electron chi connectivity index (χ1n) is 24.3. The van der Waals surface area contributed by atoms with Crippen molar-refractivity contribution >= 4 is 31.9 Å². The Hall–Kier alpha value is -4.84. The highest BCUT2D eigenvalue weighted by Crippen LogP contribution is 2.47. The Labute approximate surface area is 405 Å². The molecule has 0 radical (unpaired) electrons. The Balaban J connectivity index is 0.783. The number of ether oxygens (including phenoxy) is 6. The van der Waals surface area contributed by atoms with E-state index in [0.717, 1.165) is 50.1 Å². The summed E-state index contributed by atoms with van der Waals surface area (Å²) in [6.45, 7) is 9.90. The van der Waals surface area contributed by atoms with Crippen LogP contribution in [0.2, 0.25) is 0 Å². The van der Waals surface area contributed by atoms with Gasteiger partial charge in [-0.25, -0.2) is 26.4 Å². The van der Waals surface area contributed by atoms with Crippen molar-refractivity contribution < 1.29 is 54.8 Å². The van der Waals surface area contributed by atoms with Crippen LogP contribution in [-0.2, 0) is 48.1 Å². The van der Waals surface area contributed by atoms with Crippen LogP contribution in [-0.4, -0.2) is 114 Å². The van der Waals surface area contributed by atoms with Crippen LogP contribution in [0.3, 0.4) is 0 Å². The SMILES string of the molecule is Cc1ccc2c(c1)-c1ccccc1C2COC(=O)N[C@H]1CCO[C@@H]([C@@H]2O[C@H]([C@H]3O[C@@H]([C@@H]4OCC[C@H](NC(=O)OCC5c6ccccc6-c6ccccc65)[C@H]4C)S(=O)(=O)C[C@@H]3C)[C@@H](C)CS2(=O)=O)[C@@H]1C. The summed E-state index contributed by atoms with van der Waals surface area (Å²) < 4.78 is 93.5. The van der Waals surface area contributed by atoms with E-state index in [2.05, 4.69) is 72.2 Å². The molecule has 4 aromatic rings. The van der Waals surface area contributed by atoms with Gasteiger partial charge >= 0.3 is 12.2 Å². The number of hydrogen-bond acceptors (Lipinski definition) is 12. The summed E-state index contributed by atoms with van der Waals surface area (Å²) >= 11 is 0. The topological polar surface area (TPSA) is 182 Å². The number of carbonyl (C=O) groups is 2. The van der Waals surface area contributed by atoms with Gasteiger partial charge in [0.15, 0.2) is 30.5 Å². The van der Waals surface area contributed by atoms with E-state index in [4.69, 9.17) is 28.4 Å². The Bertz CT molecular complexity index is 2780. The molecule has 4 heterocycles. The summed E-state index contributed by atoms with van der Waals surface area (Å²) in [6.07, 6.45) is -3.83. The third-order valence-corrected chi connectivity index (χ3v) is 19.7. The van der Waals surface area contributed by atoms with Gasteiger partial charge in [0.25, 0.3) is 0 Å². The zero-order chi connectivity index (χ0) is 48.4. The van der Waals surface area contributed by atoms with Gasteiger partial charge in [-0.2, -0.15) is 0 Å². The highest BCUT2D eigenvalue weighted by atomic mass is 32.2. The summed E-state index contributed by atoms with van der Waals surface area (Å²) in [5, 5.41) is 6.00. The van der Waals surface area contributed by atoms with Crippen molar-refractivity contribution in [1.29, 1.82) is 0 Å². The number of rotatable bonds is 9. The minimum absolute atomic E-state index is 0.119. The number of nitrogens with one attached hydrogen (secondary N) is 2. The smallest absolute Gasteiger partial charge is 0.407 e. The molecule has 0 spiro atoms. The second kappa shape index (κ2) is 19.1. The maximum Gasteiger partial charge on any atom is 0.407 e. The maximum absolute atomic E-state index is 14.0. The molecule has 4 saturated heterocycles. The van der Waals surface area contributed by atoms with E-state index in [-0.39, 0.29) is 49.8 Å². The van der Waals surface area contributed by atoms with Gasteiger partial charge in [0, 0.05) is 49.0 Å². The molecule has 6 aliphatic rings. The second-order valence-corrected chi connectivity index (χ2v) is 24.4. The van der Waals surface area contributed by atoms with E-state index >= 15 is 0 Å². The molecule has 4 aliphatic heterocycles. The van der Waals surface area contributed by atoms with E-state index < -0.39 is 103 Å². The van der Waals surface area contributed by atoms with Crippen molar-refractivity contribution in [3.8, 4) is 22.3 Å². The predicted molar refractivity (Wildman–Crippen MR) is 259 cm³/mol. The number of sulfone groups is 2. The third kappa shape index (κ3) is 9.10. The van der Waals surface area contributed by atoms with Crippen molar-refractivity contribution in [2.24, 2.45) is 23.7 Å². The molecule has 2 aliphatic carbocycles. The third-order valence-electron chi connectivity index (χ3n) is 15.6. The zero-order valence-electron chi connectivity index (χ0n) is 39.6. The first kappa shape index (κ1) is 47.8. The lowest BCUT2D eigenvalue weighted by molar-refractivity contribution is -0.190. The lowest BCUT2D eigenvalue weighted by Gasteiger charge is -2.49. The first-order chi connectivity index (χ1) is 33.1. The van der Waals surface area contributed by atoms with Crippen LogP contribution in [0.1, 0.15) is 80.2 Å². The van der Waals surface area contributed by atoms with Gasteiger partial charge in [-0.05, 0) is 76.1 Å². The quantitative estimate of drug-likeness (QED) is 0.169. The Morgan fingerprint density at radius 2 is 0.942 bits per heavy atom. The molecule has 69 heavy (non-hydrogen) atoms. The fraction of sp³-hybridized carbons (Fsp3) is 0.509. The number of alkyl carbamates (subject to hydrolysis) is 2. The molecular formula is C53H62N2O12S2. The van der Waals surface area contributed by atoms with Gasteiger partial charge in [0.2, 0.25) is 0 Å². The summed E-state index contributed by atoms with van der Waals surface area (Å²) in [6, 6.07) is 29.7. The van der Waals surface area contributed by atoms with E-state index in [1.807, 2.05) is 50.2 Å². The lowest BCUT2D eigenvalue weighted by atomic mass is 9.89. The molecule has 368 valence electrons. The van der Waals surface area contributed by atoms with Crippen LogP contribution in [0.15, 0.2) is 91.0 Å². The Morgan fingerprint density at radius 1 is 0.551 bits per heavy atom. The molecule has 1 unspecified atom stereocenters. The van der Waals surface area contributed by atoms with Crippen LogP contribution >= 0.6 is 0 Å². The molecule has 4 fully saturated rings. The summed E-state index contributed by atoms with van der Waals surface area (Å²) in [7, 11) is -7.79. The van der Waals surface area contributed by atoms with Crippen molar-refractivity contribution in [2.75, 3.05) is 37.9 Å². The first-order valence-corrected chi connectivity index (χ1v) is 27.7. The van der Waals surface area contributed by atoms with Gasteiger partial charge in [0.1, 0.15) is 25.4 Å². The molecule has 16 heteroatoms. The minimum atomic E-state index is -3.89. The van der Waals surface area contributed by atoms with Crippen molar-refractivity contribution in [3.05, 3.63) is 119 Å². The number of fused-ring (bicyclic) bond motifs is 6. The molecule has 2 N–H and O–H groups in total. The molecule has 14 nitrogen and oxygen atoms in total. The zero-order valence-corrected chi connectivity index (χ0v) is 41.2. The van der Waals surface area contributed by atoms with E-state index in [1.54, 1.807) is 13.8 Å². The summed E-state index contributed by atoms with van der Waals surface area (Å²) in [4.78, 5) is 26.9. The number of aryl methyl sites for hydroxylation is 1. The number of benzene rings is 4. The highest BCUT2D eigenvalue weighted by Gasteiger charge is 2.55. The van der Waals surface area contributed by atoms with Crippen LogP contribution in [0.25, 0.3) is 22.3 Å². The number of carbonyl (C=O) groups excluding carboxylic acids is 2. The van der Waals surface area contributed by atoms with Crippen LogP contribution in [0, 0.1) is 30.6 Å². The van der Waals surface area contributed by atoms with E-state index in [9.17, 15) is 26.4 Å². The second-order valence-electron chi connectivity index (χ2n) is 20.2. The fourth-order valence-corrected chi connectivity index (χ4v) is 16.3. The van der Waals surface area contributed by atoms with Crippen molar-refractivity contribution in [1.82, 2.24) is 10.6 Å². The summed E-state index contributed by atoms with van der Waals surface area (Å²) in [5.74, 6) is -2.79. The Morgan fingerprint density at radius 3 is 1.38 bits per heavy atom. The number of hydrogen-bond donors (Lipinski definition) is 2. The normalized spacial score (nSPS) is 33.2. The molecule has 2 amide bonds. The van der Waals surface area contributed by atoms with Gasteiger partial charge < -0.3 is 39.1 Å². The summed E-state index contributed by atoms with van der Waals surface area (Å²) in [5.41, 5.74) is 7.26. The van der Waals surface area contributed by atoms with Gasteiger partial charge in [-0.3, -0.25) is 0 Å². The van der Waals surface area contributed by atoms with E-state index in [0.29, 0.717) is 12.8 Å². The average molecular weight is 983 g/mol. The van der Waals surface area contributed by atoms with E-state index in [1.165, 1.54) is 0 Å². The van der Waals surface area contributed by atoms with Gasteiger partial charge in [0.05, 0.1) is 23.7 Å². The highest BCUT2D eigenvalue weighted by molar-refractivity contribution is 7.92. The van der Waals surface area contributed by atoms with Crippen LogP contribution < -0.4 is 10.6 Å². The predicted octanol–water partition coefficient (Wildman–Crippen LogP) is 7.51. The van der Waals surface area contributed by atoms with Crippen LogP contribution in [0.4, 0.5) is 9.59 Å². The molecule has 4 aromatic carbocycles. The lowest BCUT2D eigenvalue weighted by Crippen LogP contribution is -2.63. The van der Waals surface area contributed by atoms with Gasteiger partial charge in [-0.1, -0.05) is 124 Å². The minimum Gasteiger partial charge on any atom is -0.449 e. The Kier molecular flexibility index (Phi) is 13.2. The fourth-order valence-electron chi connectivity index (χ4n) is 12.0. The van der Waals surface area contributed by atoms with Crippen LogP contribution in [0.5, 0.6) is 0 Å². The van der Waals surface area contributed by atoms with Crippen molar-refractivity contribution in [3.63, 3.8) is 0 Å². The largest absolute Gasteiger partial charge is 0.449 e. The molecule has 0 saturated carbocycles. The number of amides is 2.